The van der Waals surface area contributed by atoms with Crippen molar-refractivity contribution in [2.24, 2.45) is 12.1 Å². The maximum Gasteiger partial charge on any atom is 0.271 e. The Bertz CT molecular complexity index is 996. The topological polar surface area (TPSA) is 68.5 Å². The largest absolute Gasteiger partial charge is 0.489 e. The Morgan fingerprint density at radius 2 is 1.86 bits per heavy atom. The summed E-state index contributed by atoms with van der Waals surface area (Å²) < 4.78 is 33.3. The molecule has 0 aliphatic heterocycles. The van der Waals surface area contributed by atoms with Crippen LogP contribution in [-0.2, 0) is 13.7 Å². The Kier molecular flexibility index (Phi) is 5.78. The molecule has 144 valence electrons. The van der Waals surface area contributed by atoms with Gasteiger partial charge in [0.15, 0.2) is 0 Å². The SMILES string of the molecule is Cc1nn(C)c(F)c1/C=N/NC(=O)c1ccc(COc2ccc(F)cc2)cc1. The van der Waals surface area contributed by atoms with Crippen LogP contribution in [0.25, 0.3) is 0 Å². The monoisotopic (exact) mass is 384 g/mol. The van der Waals surface area contributed by atoms with Gasteiger partial charge in [-0.05, 0) is 48.9 Å². The predicted octanol–water partition coefficient (Wildman–Crippen LogP) is 3.35. The smallest absolute Gasteiger partial charge is 0.271 e. The summed E-state index contributed by atoms with van der Waals surface area (Å²) in [6.45, 7) is 1.93. The quantitative estimate of drug-likeness (QED) is 0.523. The molecule has 0 aliphatic rings. The number of nitrogens with one attached hydrogen (secondary N) is 1. The van der Waals surface area contributed by atoms with Gasteiger partial charge in [0.2, 0.25) is 5.95 Å². The minimum Gasteiger partial charge on any atom is -0.489 e. The Morgan fingerprint density at radius 3 is 2.46 bits per heavy atom. The first-order valence-corrected chi connectivity index (χ1v) is 8.44. The van der Waals surface area contributed by atoms with Gasteiger partial charge in [0.1, 0.15) is 18.2 Å². The fraction of sp³-hybridized carbons (Fsp3) is 0.150. The minimum absolute atomic E-state index is 0.219. The van der Waals surface area contributed by atoms with Gasteiger partial charge in [-0.15, -0.1) is 0 Å². The first kappa shape index (κ1) is 19.2. The number of hydrazone groups is 1. The van der Waals surface area contributed by atoms with Gasteiger partial charge in [-0.3, -0.25) is 4.79 Å². The molecule has 0 radical (unpaired) electrons. The number of carbonyl (C=O) groups is 1. The summed E-state index contributed by atoms with van der Waals surface area (Å²) in [6.07, 6.45) is 1.22. The van der Waals surface area contributed by atoms with Crippen LogP contribution >= 0.6 is 0 Å². The van der Waals surface area contributed by atoms with Crippen LogP contribution in [0.15, 0.2) is 53.6 Å². The van der Waals surface area contributed by atoms with Crippen LogP contribution in [0.5, 0.6) is 5.75 Å². The van der Waals surface area contributed by atoms with E-state index in [1.54, 1.807) is 43.3 Å². The van der Waals surface area contributed by atoms with Crippen molar-refractivity contribution in [3.8, 4) is 5.75 Å². The second-order valence-corrected chi connectivity index (χ2v) is 6.05. The lowest BCUT2D eigenvalue weighted by molar-refractivity contribution is 0.0955. The van der Waals surface area contributed by atoms with Gasteiger partial charge in [-0.25, -0.2) is 14.5 Å². The molecular formula is C20H18F2N4O2. The van der Waals surface area contributed by atoms with E-state index in [1.165, 1.54) is 25.4 Å². The minimum atomic E-state index is -0.527. The zero-order chi connectivity index (χ0) is 20.1. The highest BCUT2D eigenvalue weighted by Crippen LogP contribution is 2.14. The lowest BCUT2D eigenvalue weighted by Crippen LogP contribution is -2.17. The molecule has 0 fully saturated rings. The van der Waals surface area contributed by atoms with Gasteiger partial charge in [0.25, 0.3) is 5.91 Å². The van der Waals surface area contributed by atoms with Crippen LogP contribution in [0.4, 0.5) is 8.78 Å². The van der Waals surface area contributed by atoms with Crippen molar-refractivity contribution in [1.82, 2.24) is 15.2 Å². The Hall–Kier alpha value is -3.55. The molecule has 0 aliphatic carbocycles. The Labute approximate surface area is 160 Å². The molecule has 0 atom stereocenters. The van der Waals surface area contributed by atoms with Crippen molar-refractivity contribution in [3.63, 3.8) is 0 Å². The van der Waals surface area contributed by atoms with Crippen molar-refractivity contribution >= 4 is 12.1 Å². The van der Waals surface area contributed by atoms with E-state index in [4.69, 9.17) is 4.74 Å². The van der Waals surface area contributed by atoms with E-state index in [9.17, 15) is 13.6 Å². The first-order chi connectivity index (χ1) is 13.4. The summed E-state index contributed by atoms with van der Waals surface area (Å²) in [5.74, 6) is -0.729. The van der Waals surface area contributed by atoms with E-state index < -0.39 is 11.9 Å². The summed E-state index contributed by atoms with van der Waals surface area (Å²) >= 11 is 0. The summed E-state index contributed by atoms with van der Waals surface area (Å²) in [4.78, 5) is 12.1. The van der Waals surface area contributed by atoms with E-state index in [0.29, 0.717) is 17.0 Å². The van der Waals surface area contributed by atoms with E-state index in [0.717, 1.165) is 10.2 Å². The summed E-state index contributed by atoms with van der Waals surface area (Å²) in [6, 6.07) is 12.5. The second-order valence-electron chi connectivity index (χ2n) is 6.05. The highest BCUT2D eigenvalue weighted by molar-refractivity contribution is 5.95. The zero-order valence-electron chi connectivity index (χ0n) is 15.3. The number of amides is 1. The van der Waals surface area contributed by atoms with Crippen LogP contribution in [-0.4, -0.2) is 21.9 Å². The van der Waals surface area contributed by atoms with E-state index in [-0.39, 0.29) is 18.0 Å². The van der Waals surface area contributed by atoms with Gasteiger partial charge in [-0.1, -0.05) is 12.1 Å². The maximum absolute atomic E-state index is 13.8. The average Bonchev–Trinajstić information content (AvgIpc) is 2.94. The average molecular weight is 384 g/mol. The number of aryl methyl sites for hydroxylation is 2. The predicted molar refractivity (Wildman–Crippen MR) is 100 cm³/mol. The number of aromatic nitrogens is 2. The van der Waals surface area contributed by atoms with Gasteiger partial charge in [0, 0.05) is 12.6 Å². The summed E-state index contributed by atoms with van der Waals surface area (Å²) in [7, 11) is 1.49. The number of hydrogen-bond acceptors (Lipinski definition) is 4. The van der Waals surface area contributed by atoms with Crippen LogP contribution in [0.3, 0.4) is 0 Å². The fourth-order valence-electron chi connectivity index (χ4n) is 2.46. The third-order valence-corrected chi connectivity index (χ3v) is 3.99. The number of halogens is 2. The summed E-state index contributed by atoms with van der Waals surface area (Å²) in [5, 5.41) is 7.71. The highest BCUT2D eigenvalue weighted by Gasteiger charge is 2.11. The number of rotatable bonds is 6. The Balaban J connectivity index is 1.56. The molecule has 3 aromatic rings. The number of hydrogen-bond donors (Lipinski definition) is 1. The molecule has 0 saturated carbocycles. The second kappa shape index (κ2) is 8.43. The van der Waals surface area contributed by atoms with Crippen LogP contribution in [0.2, 0.25) is 0 Å². The molecule has 28 heavy (non-hydrogen) atoms. The zero-order valence-corrected chi connectivity index (χ0v) is 15.3. The lowest BCUT2D eigenvalue weighted by Gasteiger charge is -2.07. The van der Waals surface area contributed by atoms with Crippen molar-refractivity contribution in [3.05, 3.63) is 82.7 Å². The number of nitrogens with zero attached hydrogens (tertiary/aromatic N) is 3. The van der Waals surface area contributed by atoms with Gasteiger partial charge >= 0.3 is 0 Å². The molecule has 0 unspecified atom stereocenters. The van der Waals surface area contributed by atoms with Crippen molar-refractivity contribution in [2.75, 3.05) is 0 Å². The molecule has 1 aromatic heterocycles. The van der Waals surface area contributed by atoms with Crippen LogP contribution in [0, 0.1) is 18.7 Å². The van der Waals surface area contributed by atoms with Crippen molar-refractivity contribution in [2.45, 2.75) is 13.5 Å². The molecule has 0 spiro atoms. The molecule has 2 aromatic carbocycles. The summed E-state index contributed by atoms with van der Waals surface area (Å²) in [5.41, 5.74) is 4.29. The van der Waals surface area contributed by atoms with E-state index >= 15 is 0 Å². The molecule has 8 heteroatoms. The van der Waals surface area contributed by atoms with Crippen molar-refractivity contribution < 1.29 is 18.3 Å². The van der Waals surface area contributed by atoms with Crippen LogP contribution in [0.1, 0.15) is 27.2 Å². The number of benzene rings is 2. The molecule has 3 rings (SSSR count). The van der Waals surface area contributed by atoms with Crippen molar-refractivity contribution in [1.29, 1.82) is 0 Å². The van der Waals surface area contributed by atoms with Gasteiger partial charge in [0.05, 0.1) is 17.5 Å². The molecular weight excluding hydrogens is 366 g/mol. The van der Waals surface area contributed by atoms with Crippen LogP contribution < -0.4 is 10.2 Å². The molecule has 1 heterocycles. The molecule has 1 N–H and O–H groups in total. The molecule has 1 amide bonds. The normalized spacial score (nSPS) is 11.0. The highest BCUT2D eigenvalue weighted by atomic mass is 19.1. The third-order valence-electron chi connectivity index (χ3n) is 3.99. The van der Waals surface area contributed by atoms with Gasteiger partial charge < -0.3 is 4.74 Å². The maximum atomic E-state index is 13.8. The molecule has 6 nitrogen and oxygen atoms in total. The lowest BCUT2D eigenvalue weighted by atomic mass is 10.1. The number of ether oxygens (including phenoxy) is 1. The third kappa shape index (κ3) is 4.59. The van der Waals surface area contributed by atoms with Gasteiger partial charge in [-0.2, -0.15) is 14.6 Å². The van der Waals surface area contributed by atoms with E-state index in [2.05, 4.69) is 15.6 Å². The molecule has 0 saturated heterocycles. The number of carbonyl (C=O) groups excluding carboxylic acids is 1. The van der Waals surface area contributed by atoms with E-state index in [1.807, 2.05) is 0 Å². The first-order valence-electron chi connectivity index (χ1n) is 8.44. The molecule has 0 bridgehead atoms. The fourth-order valence-corrected chi connectivity index (χ4v) is 2.46. The Morgan fingerprint density at radius 1 is 1.18 bits per heavy atom. The standard InChI is InChI=1S/C20H18F2N4O2/c1-13-18(19(22)26(2)25-13)11-23-24-20(27)15-5-3-14(4-6-15)12-28-17-9-7-16(21)8-10-17/h3-11H,12H2,1-2H3,(H,24,27)/b23-11+.